The van der Waals surface area contributed by atoms with Crippen LogP contribution in [-0.4, -0.2) is 4.57 Å². The Morgan fingerprint density at radius 1 is 0.340 bits per heavy atom. The lowest BCUT2D eigenvalue weighted by Gasteiger charge is -2.20. The SMILES string of the molecule is Nc1cccc(-c2cc(-c3ccccc3)cc(-c3cccc4c3c3ccccc3n4-c3ccccc3)c2-c2ccc(-c3ccccc3)cc2)c1. The molecule has 0 radical (unpaired) electrons. The molecule has 2 N–H and O–H groups in total. The quantitative estimate of drug-likeness (QED) is 0.181. The third-order valence-electron chi connectivity index (χ3n) is 9.73. The molecule has 0 aliphatic carbocycles. The van der Waals surface area contributed by atoms with Gasteiger partial charge in [-0.1, -0.05) is 146 Å². The molecule has 2 heteroatoms. The van der Waals surface area contributed by atoms with E-state index in [0.717, 1.165) is 33.6 Å². The van der Waals surface area contributed by atoms with E-state index in [1.807, 2.05) is 6.07 Å². The first kappa shape index (κ1) is 29.5. The highest BCUT2D eigenvalue weighted by Crippen LogP contribution is 2.47. The third-order valence-corrected chi connectivity index (χ3v) is 9.73. The summed E-state index contributed by atoms with van der Waals surface area (Å²) in [4.78, 5) is 0. The molecular weight excluding hydrogens is 605 g/mol. The molecule has 0 fully saturated rings. The first-order chi connectivity index (χ1) is 24.7. The van der Waals surface area contributed by atoms with E-state index in [-0.39, 0.29) is 0 Å². The fourth-order valence-electron chi connectivity index (χ4n) is 7.46. The number of fused-ring (bicyclic) bond motifs is 3. The van der Waals surface area contributed by atoms with Crippen molar-refractivity contribution in [2.75, 3.05) is 5.73 Å². The second-order valence-electron chi connectivity index (χ2n) is 12.8. The molecule has 0 aliphatic rings. The molecule has 1 heterocycles. The van der Waals surface area contributed by atoms with E-state index in [2.05, 4.69) is 193 Å². The minimum Gasteiger partial charge on any atom is -0.399 e. The molecule has 0 amide bonds. The van der Waals surface area contributed by atoms with Crippen LogP contribution in [0, 0.1) is 0 Å². The largest absolute Gasteiger partial charge is 0.399 e. The van der Waals surface area contributed by atoms with Crippen molar-refractivity contribution in [2.24, 2.45) is 0 Å². The summed E-state index contributed by atoms with van der Waals surface area (Å²) in [6, 6.07) is 69.5. The Labute approximate surface area is 292 Å². The lowest BCUT2D eigenvalue weighted by atomic mass is 9.83. The Kier molecular flexibility index (Phi) is 7.33. The van der Waals surface area contributed by atoms with E-state index in [9.17, 15) is 0 Å². The Bertz CT molecular complexity index is 2620. The van der Waals surface area contributed by atoms with Gasteiger partial charge in [-0.3, -0.25) is 0 Å². The predicted molar refractivity (Wildman–Crippen MR) is 212 cm³/mol. The average Bonchev–Trinajstić information content (AvgIpc) is 3.53. The second kappa shape index (κ2) is 12.4. The van der Waals surface area contributed by atoms with Crippen molar-refractivity contribution in [3.8, 4) is 61.3 Å². The molecule has 0 saturated carbocycles. The summed E-state index contributed by atoms with van der Waals surface area (Å²) in [7, 11) is 0. The topological polar surface area (TPSA) is 30.9 Å². The van der Waals surface area contributed by atoms with Gasteiger partial charge in [0.25, 0.3) is 0 Å². The van der Waals surface area contributed by atoms with E-state index in [0.29, 0.717) is 0 Å². The number of hydrogen-bond acceptors (Lipinski definition) is 1. The molecule has 8 aromatic carbocycles. The van der Waals surface area contributed by atoms with Crippen LogP contribution in [0.2, 0.25) is 0 Å². The van der Waals surface area contributed by atoms with Crippen LogP contribution < -0.4 is 5.73 Å². The summed E-state index contributed by atoms with van der Waals surface area (Å²) < 4.78 is 2.39. The number of para-hydroxylation sites is 2. The maximum Gasteiger partial charge on any atom is 0.0547 e. The minimum absolute atomic E-state index is 0.743. The molecule has 50 heavy (non-hydrogen) atoms. The van der Waals surface area contributed by atoms with E-state index in [1.165, 1.54) is 55.2 Å². The van der Waals surface area contributed by atoms with Crippen LogP contribution in [0.15, 0.2) is 194 Å². The highest BCUT2D eigenvalue weighted by Gasteiger charge is 2.22. The zero-order chi connectivity index (χ0) is 33.4. The first-order valence-electron chi connectivity index (χ1n) is 17.1. The third kappa shape index (κ3) is 5.15. The van der Waals surface area contributed by atoms with Gasteiger partial charge in [0.1, 0.15) is 0 Å². The number of benzene rings is 8. The number of anilines is 1. The molecule has 9 rings (SSSR count). The number of rotatable bonds is 6. The van der Waals surface area contributed by atoms with Crippen LogP contribution in [0.3, 0.4) is 0 Å². The van der Waals surface area contributed by atoms with E-state index in [4.69, 9.17) is 5.73 Å². The lowest BCUT2D eigenvalue weighted by molar-refractivity contribution is 1.18. The number of hydrogen-bond donors (Lipinski definition) is 1. The van der Waals surface area contributed by atoms with Gasteiger partial charge in [0.2, 0.25) is 0 Å². The van der Waals surface area contributed by atoms with Crippen LogP contribution in [0.4, 0.5) is 5.69 Å². The van der Waals surface area contributed by atoms with Gasteiger partial charge in [0.05, 0.1) is 11.0 Å². The summed E-state index contributed by atoms with van der Waals surface area (Å²) in [6.45, 7) is 0. The van der Waals surface area contributed by atoms with Crippen LogP contribution in [0.1, 0.15) is 0 Å². The highest BCUT2D eigenvalue weighted by atomic mass is 15.0. The van der Waals surface area contributed by atoms with Gasteiger partial charge in [0.15, 0.2) is 0 Å². The smallest absolute Gasteiger partial charge is 0.0547 e. The van der Waals surface area contributed by atoms with Crippen molar-refractivity contribution in [1.82, 2.24) is 4.57 Å². The van der Waals surface area contributed by atoms with Crippen LogP contribution in [-0.2, 0) is 0 Å². The van der Waals surface area contributed by atoms with E-state index < -0.39 is 0 Å². The normalized spacial score (nSPS) is 11.3. The number of nitrogen functional groups attached to an aromatic ring is 1. The van der Waals surface area contributed by atoms with E-state index >= 15 is 0 Å². The van der Waals surface area contributed by atoms with Crippen molar-refractivity contribution < 1.29 is 0 Å². The van der Waals surface area contributed by atoms with Gasteiger partial charge < -0.3 is 10.3 Å². The minimum atomic E-state index is 0.743. The van der Waals surface area contributed by atoms with Gasteiger partial charge in [-0.25, -0.2) is 0 Å². The summed E-state index contributed by atoms with van der Waals surface area (Å²) >= 11 is 0. The molecular formula is C48H34N2. The lowest BCUT2D eigenvalue weighted by Crippen LogP contribution is -1.95. The Balaban J connectivity index is 1.40. The fourth-order valence-corrected chi connectivity index (χ4v) is 7.46. The molecule has 0 unspecified atom stereocenters. The predicted octanol–water partition coefficient (Wildman–Crippen LogP) is 12.7. The molecule has 0 saturated heterocycles. The van der Waals surface area contributed by atoms with Crippen molar-refractivity contribution in [3.05, 3.63) is 194 Å². The maximum absolute atomic E-state index is 6.46. The van der Waals surface area contributed by atoms with Crippen molar-refractivity contribution in [3.63, 3.8) is 0 Å². The summed E-state index contributed by atoms with van der Waals surface area (Å²) in [5.74, 6) is 0. The van der Waals surface area contributed by atoms with Gasteiger partial charge in [-0.15, -0.1) is 0 Å². The Hall–Kier alpha value is -6.64. The van der Waals surface area contributed by atoms with Crippen molar-refractivity contribution in [2.45, 2.75) is 0 Å². The summed E-state index contributed by atoms with van der Waals surface area (Å²) in [5, 5.41) is 2.46. The Morgan fingerprint density at radius 2 is 0.880 bits per heavy atom. The van der Waals surface area contributed by atoms with Crippen LogP contribution in [0.25, 0.3) is 83.1 Å². The second-order valence-corrected chi connectivity index (χ2v) is 12.8. The molecule has 0 bridgehead atoms. The number of nitrogens with zero attached hydrogens (tertiary/aromatic N) is 1. The fraction of sp³-hybridized carbons (Fsp3) is 0. The van der Waals surface area contributed by atoms with Crippen molar-refractivity contribution in [1.29, 1.82) is 0 Å². The number of aromatic nitrogens is 1. The molecule has 0 atom stereocenters. The molecule has 9 aromatic rings. The summed E-state index contributed by atoms with van der Waals surface area (Å²) in [6.07, 6.45) is 0. The average molecular weight is 639 g/mol. The monoisotopic (exact) mass is 638 g/mol. The van der Waals surface area contributed by atoms with Gasteiger partial charge in [0, 0.05) is 22.1 Å². The van der Waals surface area contributed by atoms with Gasteiger partial charge >= 0.3 is 0 Å². The Morgan fingerprint density at radius 3 is 1.60 bits per heavy atom. The molecule has 1 aromatic heterocycles. The molecule has 0 spiro atoms. The van der Waals surface area contributed by atoms with E-state index in [1.54, 1.807) is 0 Å². The zero-order valence-corrected chi connectivity index (χ0v) is 27.5. The van der Waals surface area contributed by atoms with Gasteiger partial charge in [-0.05, 0) is 104 Å². The number of nitrogens with two attached hydrogens (primary N) is 1. The van der Waals surface area contributed by atoms with Crippen LogP contribution >= 0.6 is 0 Å². The first-order valence-corrected chi connectivity index (χ1v) is 17.1. The van der Waals surface area contributed by atoms with Crippen LogP contribution in [0.5, 0.6) is 0 Å². The molecule has 236 valence electrons. The molecule has 0 aliphatic heterocycles. The zero-order valence-electron chi connectivity index (χ0n) is 27.5. The maximum atomic E-state index is 6.46. The molecule has 2 nitrogen and oxygen atoms in total. The van der Waals surface area contributed by atoms with Gasteiger partial charge in [-0.2, -0.15) is 0 Å². The summed E-state index contributed by atoms with van der Waals surface area (Å²) in [5.41, 5.74) is 22.4. The van der Waals surface area contributed by atoms with Crippen molar-refractivity contribution >= 4 is 27.5 Å². The highest BCUT2D eigenvalue weighted by molar-refractivity contribution is 6.17. The standard InChI is InChI=1S/C48H34N2/c49-39-19-12-18-37(30-39)43-31-38(34-16-6-2-7-17-34)32-44(47(43)36-28-26-35(27-29-36)33-14-4-1-5-15-33)41-23-13-25-46-48(41)42-22-10-11-24-45(42)50(46)40-20-8-3-9-21-40/h1-32H,49H2.